The smallest absolute Gasteiger partial charge is 0.271 e. The van der Waals surface area contributed by atoms with E-state index in [1.165, 1.54) is 11.8 Å². The summed E-state index contributed by atoms with van der Waals surface area (Å²) in [5, 5.41) is 4.63. The van der Waals surface area contributed by atoms with E-state index in [1.807, 2.05) is 45.0 Å². The normalized spacial score (nSPS) is 10.8. The fraction of sp³-hybridized carbons (Fsp3) is 0.231. The van der Waals surface area contributed by atoms with Crippen molar-refractivity contribution in [3.8, 4) is 17.2 Å². The molecule has 1 N–H and O–H groups in total. The van der Waals surface area contributed by atoms with Crippen LogP contribution in [0, 0.1) is 6.92 Å². The number of halogens is 1. The van der Waals surface area contributed by atoms with Crippen LogP contribution in [0.4, 0.5) is 0 Å². The van der Waals surface area contributed by atoms with E-state index in [0.29, 0.717) is 53.2 Å². The first-order valence-corrected chi connectivity index (χ1v) is 11.1. The van der Waals surface area contributed by atoms with Crippen molar-refractivity contribution in [2.45, 2.75) is 27.4 Å². The highest BCUT2D eigenvalue weighted by Crippen LogP contribution is 2.28. The summed E-state index contributed by atoms with van der Waals surface area (Å²) in [7, 11) is 0. The minimum Gasteiger partial charge on any atom is -0.490 e. The van der Waals surface area contributed by atoms with Gasteiger partial charge in [0.05, 0.1) is 19.4 Å². The van der Waals surface area contributed by atoms with E-state index in [4.69, 9.17) is 25.8 Å². The Balaban J connectivity index is 1.69. The Morgan fingerprint density at radius 3 is 2.33 bits per heavy atom. The van der Waals surface area contributed by atoms with Gasteiger partial charge >= 0.3 is 0 Å². The van der Waals surface area contributed by atoms with E-state index in [9.17, 15) is 4.79 Å². The molecule has 0 fully saturated rings. The molecule has 0 aliphatic rings. The average molecular weight is 467 g/mol. The molecule has 172 valence electrons. The summed E-state index contributed by atoms with van der Waals surface area (Å²) in [5.41, 5.74) is 5.82. The van der Waals surface area contributed by atoms with Gasteiger partial charge in [-0.1, -0.05) is 41.4 Å². The third-order valence-electron chi connectivity index (χ3n) is 4.66. The number of nitrogens with one attached hydrogen (secondary N) is 1. The van der Waals surface area contributed by atoms with Gasteiger partial charge in [-0.3, -0.25) is 4.79 Å². The Kier molecular flexibility index (Phi) is 8.72. The van der Waals surface area contributed by atoms with E-state index in [1.54, 1.807) is 36.4 Å². The fourth-order valence-corrected chi connectivity index (χ4v) is 3.19. The molecule has 0 aliphatic heterocycles. The Bertz CT molecular complexity index is 1110. The van der Waals surface area contributed by atoms with Gasteiger partial charge in [0.15, 0.2) is 11.5 Å². The molecule has 3 aromatic carbocycles. The molecule has 0 radical (unpaired) electrons. The maximum atomic E-state index is 12.6. The van der Waals surface area contributed by atoms with Crippen LogP contribution < -0.4 is 19.6 Å². The molecule has 33 heavy (non-hydrogen) atoms. The van der Waals surface area contributed by atoms with E-state index < -0.39 is 0 Å². The van der Waals surface area contributed by atoms with Crippen LogP contribution >= 0.6 is 11.6 Å². The molecular weight excluding hydrogens is 440 g/mol. The summed E-state index contributed by atoms with van der Waals surface area (Å²) in [4.78, 5) is 12.6. The molecule has 0 spiro atoms. The largest absolute Gasteiger partial charge is 0.490 e. The van der Waals surface area contributed by atoms with Gasteiger partial charge in [0.2, 0.25) is 0 Å². The van der Waals surface area contributed by atoms with E-state index >= 15 is 0 Å². The molecule has 0 saturated heterocycles. The number of hydrogen-bond donors (Lipinski definition) is 1. The molecule has 3 aromatic rings. The van der Waals surface area contributed by atoms with Crippen LogP contribution in [0.5, 0.6) is 17.2 Å². The zero-order valence-corrected chi connectivity index (χ0v) is 19.7. The summed E-state index contributed by atoms with van der Waals surface area (Å²) < 4.78 is 17.1. The van der Waals surface area contributed by atoms with Crippen LogP contribution in [-0.2, 0) is 6.61 Å². The number of aryl methyl sites for hydroxylation is 1. The highest BCUT2D eigenvalue weighted by Gasteiger charge is 2.11. The van der Waals surface area contributed by atoms with Crippen LogP contribution in [0.3, 0.4) is 0 Å². The average Bonchev–Trinajstić information content (AvgIpc) is 2.81. The van der Waals surface area contributed by atoms with E-state index in [-0.39, 0.29) is 5.91 Å². The van der Waals surface area contributed by atoms with Gasteiger partial charge in [-0.2, -0.15) is 5.10 Å². The first-order valence-electron chi connectivity index (χ1n) is 10.7. The van der Waals surface area contributed by atoms with Crippen LogP contribution in [-0.4, -0.2) is 25.3 Å². The van der Waals surface area contributed by atoms with Gasteiger partial charge in [0.25, 0.3) is 5.91 Å². The molecule has 0 aliphatic carbocycles. The van der Waals surface area contributed by atoms with Crippen LogP contribution in [0.1, 0.15) is 40.9 Å². The Hall–Kier alpha value is -3.51. The maximum Gasteiger partial charge on any atom is 0.271 e. The second-order valence-electron chi connectivity index (χ2n) is 7.18. The first kappa shape index (κ1) is 24.1. The second-order valence-corrected chi connectivity index (χ2v) is 7.62. The summed E-state index contributed by atoms with van der Waals surface area (Å²) in [6.45, 7) is 7.17. The number of ether oxygens (including phenoxy) is 3. The van der Waals surface area contributed by atoms with Gasteiger partial charge < -0.3 is 14.2 Å². The fourth-order valence-electron chi connectivity index (χ4n) is 3.01. The van der Waals surface area contributed by atoms with Gasteiger partial charge in [-0.25, -0.2) is 5.43 Å². The highest BCUT2D eigenvalue weighted by atomic mass is 35.5. The van der Waals surface area contributed by atoms with Crippen LogP contribution in [0.25, 0.3) is 0 Å². The molecule has 1 amide bonds. The number of carbonyl (C=O) groups is 1. The number of amides is 1. The van der Waals surface area contributed by atoms with Crippen LogP contribution in [0.2, 0.25) is 5.02 Å². The molecule has 0 aromatic heterocycles. The molecule has 0 heterocycles. The number of benzene rings is 3. The lowest BCUT2D eigenvalue weighted by Gasteiger charge is -2.12. The molecule has 0 bridgehead atoms. The zero-order valence-electron chi connectivity index (χ0n) is 18.9. The number of rotatable bonds is 10. The molecule has 6 nitrogen and oxygen atoms in total. The topological polar surface area (TPSA) is 69.2 Å². The molecule has 0 saturated carbocycles. The maximum absolute atomic E-state index is 12.6. The summed E-state index contributed by atoms with van der Waals surface area (Å²) >= 11 is 6.15. The monoisotopic (exact) mass is 466 g/mol. The minimum absolute atomic E-state index is 0.376. The SMILES string of the molecule is CCOc1ccc(C(=O)N/N=C/c2cc(Cl)ccc2OCc2ccc(C)cc2)cc1OCC. The van der Waals surface area contributed by atoms with Crippen molar-refractivity contribution in [2.24, 2.45) is 5.10 Å². The Morgan fingerprint density at radius 1 is 0.909 bits per heavy atom. The Morgan fingerprint density at radius 2 is 1.61 bits per heavy atom. The van der Waals surface area contributed by atoms with Gasteiger partial charge in [0, 0.05) is 16.1 Å². The van der Waals surface area contributed by atoms with Crippen molar-refractivity contribution in [1.29, 1.82) is 0 Å². The third-order valence-corrected chi connectivity index (χ3v) is 4.90. The van der Waals surface area contributed by atoms with Gasteiger partial charge in [-0.15, -0.1) is 0 Å². The van der Waals surface area contributed by atoms with Crippen molar-refractivity contribution in [1.82, 2.24) is 5.43 Å². The van der Waals surface area contributed by atoms with Gasteiger partial charge in [-0.05, 0) is 62.7 Å². The molecule has 0 atom stereocenters. The van der Waals surface area contributed by atoms with Crippen molar-refractivity contribution in [3.05, 3.63) is 87.9 Å². The minimum atomic E-state index is -0.376. The second kappa shape index (κ2) is 11.9. The lowest BCUT2D eigenvalue weighted by Crippen LogP contribution is -2.18. The van der Waals surface area contributed by atoms with Gasteiger partial charge in [0.1, 0.15) is 12.4 Å². The quantitative estimate of drug-likeness (QED) is 0.303. The number of hydrazone groups is 1. The summed E-state index contributed by atoms with van der Waals surface area (Å²) in [6, 6.07) is 18.4. The summed E-state index contributed by atoms with van der Waals surface area (Å²) in [6.07, 6.45) is 1.51. The van der Waals surface area contributed by atoms with Crippen molar-refractivity contribution in [2.75, 3.05) is 13.2 Å². The van der Waals surface area contributed by atoms with Crippen LogP contribution in [0.15, 0.2) is 65.8 Å². The van der Waals surface area contributed by atoms with Crippen molar-refractivity contribution >= 4 is 23.7 Å². The molecule has 7 heteroatoms. The van der Waals surface area contributed by atoms with Crippen molar-refractivity contribution < 1.29 is 19.0 Å². The number of hydrogen-bond acceptors (Lipinski definition) is 5. The number of nitrogens with zero attached hydrogens (tertiary/aromatic N) is 1. The Labute approximate surface area is 199 Å². The lowest BCUT2D eigenvalue weighted by atomic mass is 10.1. The number of carbonyl (C=O) groups excluding carboxylic acids is 1. The molecule has 0 unspecified atom stereocenters. The molecular formula is C26H27ClN2O4. The third kappa shape index (κ3) is 6.99. The molecule has 3 rings (SSSR count). The predicted octanol–water partition coefficient (Wildman–Crippen LogP) is 5.79. The van der Waals surface area contributed by atoms with Crippen molar-refractivity contribution in [3.63, 3.8) is 0 Å². The summed E-state index contributed by atoms with van der Waals surface area (Å²) in [5.74, 6) is 1.34. The predicted molar refractivity (Wildman–Crippen MR) is 131 cm³/mol. The zero-order chi connectivity index (χ0) is 23.6. The first-order chi connectivity index (χ1) is 16.0. The highest BCUT2D eigenvalue weighted by molar-refractivity contribution is 6.30. The van der Waals surface area contributed by atoms with E-state index in [0.717, 1.165) is 5.56 Å². The van der Waals surface area contributed by atoms with E-state index in [2.05, 4.69) is 10.5 Å². The lowest BCUT2D eigenvalue weighted by molar-refractivity contribution is 0.0954. The standard InChI is InChI=1S/C26H27ClN2O4/c1-4-31-24-12-10-20(15-25(24)32-5-2)26(30)29-28-16-21-14-22(27)11-13-23(21)33-17-19-8-6-18(3)7-9-19/h6-16H,4-5,17H2,1-3H3,(H,29,30)/b28-16+.